The van der Waals surface area contributed by atoms with E-state index in [2.05, 4.69) is 17.0 Å². The Morgan fingerprint density at radius 3 is 2.29 bits per heavy atom. The van der Waals surface area contributed by atoms with Crippen LogP contribution in [0.15, 0.2) is 24.3 Å². The zero-order valence-corrected chi connectivity index (χ0v) is 13.6. The molecule has 0 atom stereocenters. The average molecular weight is 295 g/mol. The summed E-state index contributed by atoms with van der Waals surface area (Å²) in [5, 5.41) is 8.62. The molecule has 1 aromatic carbocycles. The van der Waals surface area contributed by atoms with E-state index in [1.807, 2.05) is 45.0 Å². The number of nitrogens with one attached hydrogen (secondary N) is 2. The Kier molecular flexibility index (Phi) is 16.2. The molecule has 0 radical (unpaired) electrons. The number of hydrogen-bond donors (Lipinski definition) is 3. The van der Waals surface area contributed by atoms with Crippen molar-refractivity contribution in [2.45, 2.75) is 47.0 Å². The second kappa shape index (κ2) is 16.0. The highest BCUT2D eigenvalue weighted by atomic mass is 16.5. The van der Waals surface area contributed by atoms with Crippen molar-refractivity contribution in [1.82, 2.24) is 5.32 Å². The van der Waals surface area contributed by atoms with Crippen molar-refractivity contribution in [3.8, 4) is 0 Å². The van der Waals surface area contributed by atoms with Crippen LogP contribution in [0.1, 0.15) is 45.6 Å². The van der Waals surface area contributed by atoms with Crippen LogP contribution in [-0.2, 0) is 4.74 Å². The van der Waals surface area contributed by atoms with E-state index in [-0.39, 0.29) is 0 Å². The molecule has 5 nitrogen and oxygen atoms in total. The molecular weight excluding hydrogens is 266 g/mol. The number of alkyl carbamates (subject to hydrolysis) is 1. The first kappa shape index (κ1) is 21.3. The lowest BCUT2D eigenvalue weighted by molar-refractivity contribution is 0.149. The smallest absolute Gasteiger partial charge is 0.412 e. The molecule has 0 aliphatic heterocycles. The van der Waals surface area contributed by atoms with E-state index in [4.69, 9.17) is 11.1 Å². The number of benzene rings is 1. The van der Waals surface area contributed by atoms with Gasteiger partial charge in [-0.2, -0.15) is 0 Å². The van der Waals surface area contributed by atoms with Crippen molar-refractivity contribution in [1.29, 1.82) is 5.41 Å². The van der Waals surface area contributed by atoms with Crippen molar-refractivity contribution in [2.24, 2.45) is 0 Å². The van der Waals surface area contributed by atoms with Crippen molar-refractivity contribution in [3.05, 3.63) is 29.8 Å². The number of rotatable bonds is 5. The van der Waals surface area contributed by atoms with Crippen LogP contribution in [0, 0.1) is 12.3 Å². The SMILES string of the molecule is CC.CCCCCOC(=O)NC=N.Cc1ccc(N)cc1. The second-order valence-electron chi connectivity index (χ2n) is 4.04. The van der Waals surface area contributed by atoms with Crippen LogP contribution >= 0.6 is 0 Å². The van der Waals surface area contributed by atoms with E-state index in [1.54, 1.807) is 0 Å². The highest BCUT2D eigenvalue weighted by Gasteiger charge is 1.96. The summed E-state index contributed by atoms with van der Waals surface area (Å²) in [6.45, 7) is 8.56. The first-order chi connectivity index (χ1) is 10.1. The number of hydrogen-bond acceptors (Lipinski definition) is 4. The van der Waals surface area contributed by atoms with Gasteiger partial charge in [0.1, 0.15) is 0 Å². The molecular formula is C16H29N3O2. The van der Waals surface area contributed by atoms with Crippen molar-refractivity contribution in [2.75, 3.05) is 12.3 Å². The average Bonchev–Trinajstić information content (AvgIpc) is 2.50. The molecule has 0 unspecified atom stereocenters. The summed E-state index contributed by atoms with van der Waals surface area (Å²) in [7, 11) is 0. The summed E-state index contributed by atoms with van der Waals surface area (Å²) in [6.07, 6.45) is 3.33. The van der Waals surface area contributed by atoms with Crippen LogP contribution in [0.25, 0.3) is 0 Å². The van der Waals surface area contributed by atoms with E-state index in [0.29, 0.717) is 6.61 Å². The third kappa shape index (κ3) is 15.9. The minimum Gasteiger partial charge on any atom is -0.449 e. The Morgan fingerprint density at radius 1 is 1.29 bits per heavy atom. The highest BCUT2D eigenvalue weighted by molar-refractivity contribution is 5.80. The number of ether oxygens (including phenoxy) is 1. The highest BCUT2D eigenvalue weighted by Crippen LogP contribution is 2.02. The molecule has 21 heavy (non-hydrogen) atoms. The summed E-state index contributed by atoms with van der Waals surface area (Å²) < 4.78 is 4.68. The van der Waals surface area contributed by atoms with Crippen LogP contribution in [-0.4, -0.2) is 19.0 Å². The van der Waals surface area contributed by atoms with E-state index >= 15 is 0 Å². The summed E-state index contributed by atoms with van der Waals surface area (Å²) in [6, 6.07) is 7.79. The molecule has 0 saturated carbocycles. The summed E-state index contributed by atoms with van der Waals surface area (Å²) in [5.41, 5.74) is 7.51. The Balaban J connectivity index is 0. The maximum atomic E-state index is 10.5. The van der Waals surface area contributed by atoms with Gasteiger partial charge in [-0.15, -0.1) is 0 Å². The molecule has 1 rings (SSSR count). The fourth-order valence-electron chi connectivity index (χ4n) is 1.18. The zero-order valence-electron chi connectivity index (χ0n) is 13.6. The van der Waals surface area contributed by atoms with Gasteiger partial charge >= 0.3 is 6.09 Å². The lowest BCUT2D eigenvalue weighted by Crippen LogP contribution is -2.22. The Morgan fingerprint density at radius 2 is 1.86 bits per heavy atom. The van der Waals surface area contributed by atoms with Gasteiger partial charge in [-0.3, -0.25) is 10.7 Å². The van der Waals surface area contributed by atoms with Crippen LogP contribution in [0.2, 0.25) is 0 Å². The van der Waals surface area contributed by atoms with E-state index in [0.717, 1.165) is 31.3 Å². The molecule has 5 heteroatoms. The van der Waals surface area contributed by atoms with Crippen molar-refractivity contribution < 1.29 is 9.53 Å². The quantitative estimate of drug-likeness (QED) is 0.330. The topological polar surface area (TPSA) is 88.2 Å². The number of nitrogen functional groups attached to an aromatic ring is 1. The summed E-state index contributed by atoms with van der Waals surface area (Å²) in [4.78, 5) is 10.5. The molecule has 1 amide bonds. The predicted octanol–water partition coefficient (Wildman–Crippen LogP) is 4.11. The first-order valence-corrected chi connectivity index (χ1v) is 7.34. The molecule has 0 aliphatic rings. The maximum absolute atomic E-state index is 10.5. The second-order valence-corrected chi connectivity index (χ2v) is 4.04. The lowest BCUT2D eigenvalue weighted by atomic mass is 10.2. The molecule has 120 valence electrons. The number of carbonyl (C=O) groups is 1. The van der Waals surface area contributed by atoms with Crippen molar-refractivity contribution in [3.63, 3.8) is 0 Å². The van der Waals surface area contributed by atoms with Gasteiger partial charge in [0.2, 0.25) is 0 Å². The van der Waals surface area contributed by atoms with Gasteiger partial charge in [0.25, 0.3) is 0 Å². The number of anilines is 1. The number of nitrogens with two attached hydrogens (primary N) is 1. The molecule has 1 aromatic rings. The van der Waals surface area contributed by atoms with E-state index in [1.165, 1.54) is 5.56 Å². The van der Waals surface area contributed by atoms with Crippen LogP contribution in [0.4, 0.5) is 10.5 Å². The Hall–Kier alpha value is -2.04. The molecule has 0 fully saturated rings. The number of amides is 1. The number of unbranched alkanes of at least 4 members (excludes halogenated alkanes) is 2. The van der Waals surface area contributed by atoms with Gasteiger partial charge < -0.3 is 10.5 Å². The largest absolute Gasteiger partial charge is 0.449 e. The summed E-state index contributed by atoms with van der Waals surface area (Å²) >= 11 is 0. The molecule has 0 spiro atoms. The van der Waals surface area contributed by atoms with Gasteiger partial charge in [0.05, 0.1) is 12.9 Å². The molecule has 4 N–H and O–H groups in total. The van der Waals surface area contributed by atoms with Gasteiger partial charge in [-0.25, -0.2) is 4.79 Å². The van der Waals surface area contributed by atoms with Crippen LogP contribution in [0.3, 0.4) is 0 Å². The standard InChI is InChI=1S/C7H14N2O2.C7H9N.C2H6/c1-2-3-4-5-11-7(10)9-6-8;1-6-2-4-7(8)5-3-6;1-2/h6H,2-5H2,1H3,(H2,8,9,10);2-5H,8H2,1H3;1-2H3. The van der Waals surface area contributed by atoms with Crippen LogP contribution in [0.5, 0.6) is 0 Å². The predicted molar refractivity (Wildman–Crippen MR) is 89.7 cm³/mol. The third-order valence-electron chi connectivity index (χ3n) is 2.25. The Bertz CT molecular complexity index is 343. The molecule has 0 heterocycles. The summed E-state index contributed by atoms with van der Waals surface area (Å²) in [5.74, 6) is 0. The molecule has 0 aliphatic carbocycles. The van der Waals surface area contributed by atoms with Crippen molar-refractivity contribution >= 4 is 18.1 Å². The Labute approximate surface area is 128 Å². The maximum Gasteiger partial charge on any atom is 0.412 e. The number of aryl methyl sites for hydroxylation is 1. The van der Waals surface area contributed by atoms with Gasteiger partial charge in [0, 0.05) is 5.69 Å². The zero-order chi connectivity index (χ0) is 16.5. The van der Waals surface area contributed by atoms with Gasteiger partial charge in [-0.1, -0.05) is 51.3 Å². The lowest BCUT2D eigenvalue weighted by Gasteiger charge is -2.01. The fourth-order valence-corrected chi connectivity index (χ4v) is 1.18. The minimum absolute atomic E-state index is 0.438. The fraction of sp³-hybridized carbons (Fsp3) is 0.500. The van der Waals surface area contributed by atoms with Gasteiger partial charge in [0.15, 0.2) is 0 Å². The van der Waals surface area contributed by atoms with Gasteiger partial charge in [-0.05, 0) is 25.5 Å². The first-order valence-electron chi connectivity index (χ1n) is 7.34. The van der Waals surface area contributed by atoms with Crippen LogP contribution < -0.4 is 11.1 Å². The molecule has 0 bridgehead atoms. The normalized spacial score (nSPS) is 8.38. The minimum atomic E-state index is -0.545. The number of carbonyl (C=O) groups excluding carboxylic acids is 1. The monoisotopic (exact) mass is 295 g/mol. The molecule has 0 aromatic heterocycles. The van der Waals surface area contributed by atoms with E-state index < -0.39 is 6.09 Å². The van der Waals surface area contributed by atoms with E-state index in [9.17, 15) is 4.79 Å². The third-order valence-corrected chi connectivity index (χ3v) is 2.25. The molecule has 0 saturated heterocycles.